The van der Waals surface area contributed by atoms with Crippen molar-refractivity contribution in [3.63, 3.8) is 0 Å². The Hall–Kier alpha value is -0.280. The molecule has 0 bridgehead atoms. The molecule has 0 unspecified atom stereocenters. The van der Waals surface area contributed by atoms with Crippen LogP contribution in [-0.4, -0.2) is 12.0 Å². The second kappa shape index (κ2) is 6.25. The molecule has 3 heteroatoms. The number of unbranched alkanes of at least 4 members (excludes halogenated alkanes) is 1. The standard InChI is InChI=1S/C11H17NS2/c1-3-4-7-14-11-8-9(13-2)5-6-10(11)12/h5-6,8H,3-4,7,12H2,1-2H3. The quantitative estimate of drug-likeness (QED) is 0.469. The Bertz CT molecular complexity index is 287. The molecular formula is C11H17NS2. The zero-order chi connectivity index (χ0) is 10.4. The Kier molecular flexibility index (Phi) is 5.26. The molecule has 0 aliphatic rings. The molecule has 1 rings (SSSR count). The molecule has 0 heterocycles. The Morgan fingerprint density at radius 3 is 2.79 bits per heavy atom. The van der Waals surface area contributed by atoms with Gasteiger partial charge in [0.1, 0.15) is 0 Å². The number of hydrogen-bond acceptors (Lipinski definition) is 3. The van der Waals surface area contributed by atoms with Gasteiger partial charge in [-0.05, 0) is 36.6 Å². The van der Waals surface area contributed by atoms with Crippen LogP contribution in [0.25, 0.3) is 0 Å². The van der Waals surface area contributed by atoms with Gasteiger partial charge in [-0.3, -0.25) is 0 Å². The molecule has 1 nitrogen and oxygen atoms in total. The highest BCUT2D eigenvalue weighted by Gasteiger charge is 2.00. The minimum absolute atomic E-state index is 0.906. The predicted molar refractivity (Wildman–Crippen MR) is 68.3 cm³/mol. The molecule has 78 valence electrons. The van der Waals surface area contributed by atoms with Gasteiger partial charge in [0, 0.05) is 15.5 Å². The van der Waals surface area contributed by atoms with Crippen LogP contribution in [0.4, 0.5) is 5.69 Å². The molecule has 14 heavy (non-hydrogen) atoms. The zero-order valence-corrected chi connectivity index (χ0v) is 10.4. The molecule has 0 radical (unpaired) electrons. The van der Waals surface area contributed by atoms with E-state index in [9.17, 15) is 0 Å². The molecule has 0 spiro atoms. The molecule has 2 N–H and O–H groups in total. The fourth-order valence-electron chi connectivity index (χ4n) is 1.09. The average Bonchev–Trinajstić information content (AvgIpc) is 2.21. The summed E-state index contributed by atoms with van der Waals surface area (Å²) < 4.78 is 0. The van der Waals surface area contributed by atoms with Crippen molar-refractivity contribution in [2.45, 2.75) is 29.6 Å². The third-order valence-electron chi connectivity index (χ3n) is 1.98. The normalized spacial score (nSPS) is 10.4. The van der Waals surface area contributed by atoms with Crippen LogP contribution < -0.4 is 5.73 Å². The van der Waals surface area contributed by atoms with E-state index >= 15 is 0 Å². The van der Waals surface area contributed by atoms with Crippen molar-refractivity contribution in [1.29, 1.82) is 0 Å². The van der Waals surface area contributed by atoms with Crippen LogP contribution in [0.3, 0.4) is 0 Å². The van der Waals surface area contributed by atoms with Crippen LogP contribution in [-0.2, 0) is 0 Å². The van der Waals surface area contributed by atoms with Crippen LogP contribution in [0.1, 0.15) is 19.8 Å². The summed E-state index contributed by atoms with van der Waals surface area (Å²) in [7, 11) is 0. The molecule has 0 aliphatic heterocycles. The van der Waals surface area contributed by atoms with E-state index < -0.39 is 0 Å². The minimum Gasteiger partial charge on any atom is -0.398 e. The molecule has 1 aromatic carbocycles. The van der Waals surface area contributed by atoms with Gasteiger partial charge in [0.2, 0.25) is 0 Å². The number of benzene rings is 1. The Balaban J connectivity index is 2.64. The van der Waals surface area contributed by atoms with Crippen molar-refractivity contribution in [2.75, 3.05) is 17.7 Å². The molecule has 0 fully saturated rings. The molecule has 1 aromatic rings. The van der Waals surface area contributed by atoms with Crippen molar-refractivity contribution < 1.29 is 0 Å². The number of nitrogen functional groups attached to an aromatic ring is 1. The molecule has 0 saturated heterocycles. The van der Waals surface area contributed by atoms with E-state index in [4.69, 9.17) is 5.73 Å². The topological polar surface area (TPSA) is 26.0 Å². The fourth-order valence-corrected chi connectivity index (χ4v) is 2.71. The molecule has 0 amide bonds. The maximum Gasteiger partial charge on any atom is 0.0453 e. The third-order valence-corrected chi connectivity index (χ3v) is 3.86. The van der Waals surface area contributed by atoms with E-state index in [-0.39, 0.29) is 0 Å². The van der Waals surface area contributed by atoms with Gasteiger partial charge in [-0.2, -0.15) is 0 Å². The smallest absolute Gasteiger partial charge is 0.0453 e. The summed E-state index contributed by atoms with van der Waals surface area (Å²) in [5.74, 6) is 1.17. The van der Waals surface area contributed by atoms with E-state index in [2.05, 4.69) is 25.3 Å². The Morgan fingerprint density at radius 2 is 2.14 bits per heavy atom. The summed E-state index contributed by atoms with van der Waals surface area (Å²) >= 11 is 3.62. The second-order valence-electron chi connectivity index (χ2n) is 3.11. The first-order valence-corrected chi connectivity index (χ1v) is 7.05. The van der Waals surface area contributed by atoms with Crippen molar-refractivity contribution in [2.24, 2.45) is 0 Å². The van der Waals surface area contributed by atoms with Gasteiger partial charge in [0.15, 0.2) is 0 Å². The van der Waals surface area contributed by atoms with Gasteiger partial charge >= 0.3 is 0 Å². The van der Waals surface area contributed by atoms with Gasteiger partial charge in [-0.1, -0.05) is 13.3 Å². The lowest BCUT2D eigenvalue weighted by atomic mass is 10.3. The fraction of sp³-hybridized carbons (Fsp3) is 0.455. The van der Waals surface area contributed by atoms with Crippen LogP contribution in [0.15, 0.2) is 28.0 Å². The molecular weight excluding hydrogens is 210 g/mol. The summed E-state index contributed by atoms with van der Waals surface area (Å²) in [5, 5.41) is 0. The van der Waals surface area contributed by atoms with E-state index in [1.54, 1.807) is 11.8 Å². The lowest BCUT2D eigenvalue weighted by molar-refractivity contribution is 0.896. The van der Waals surface area contributed by atoms with Gasteiger partial charge < -0.3 is 5.73 Å². The van der Waals surface area contributed by atoms with E-state index in [0.717, 1.165) is 5.69 Å². The summed E-state index contributed by atoms with van der Waals surface area (Å²) in [6.45, 7) is 2.21. The van der Waals surface area contributed by atoms with Crippen LogP contribution in [0, 0.1) is 0 Å². The van der Waals surface area contributed by atoms with E-state index in [1.807, 2.05) is 17.8 Å². The summed E-state index contributed by atoms with van der Waals surface area (Å²) in [6.07, 6.45) is 4.59. The second-order valence-corrected chi connectivity index (χ2v) is 5.12. The summed E-state index contributed by atoms with van der Waals surface area (Å²) in [4.78, 5) is 2.52. The Labute approximate surface area is 94.8 Å². The predicted octanol–water partition coefficient (Wildman–Crippen LogP) is 3.88. The summed E-state index contributed by atoms with van der Waals surface area (Å²) in [5.41, 5.74) is 6.80. The van der Waals surface area contributed by atoms with Crippen LogP contribution in [0.2, 0.25) is 0 Å². The first-order valence-electron chi connectivity index (χ1n) is 4.84. The lowest BCUT2D eigenvalue weighted by Gasteiger charge is -2.06. The molecule has 0 aliphatic carbocycles. The van der Waals surface area contributed by atoms with Crippen molar-refractivity contribution in [3.05, 3.63) is 18.2 Å². The minimum atomic E-state index is 0.906. The van der Waals surface area contributed by atoms with Gasteiger partial charge in [-0.25, -0.2) is 0 Å². The van der Waals surface area contributed by atoms with Crippen LogP contribution in [0.5, 0.6) is 0 Å². The monoisotopic (exact) mass is 227 g/mol. The number of hydrogen-bond donors (Lipinski definition) is 1. The third kappa shape index (κ3) is 3.46. The highest BCUT2D eigenvalue weighted by molar-refractivity contribution is 7.99. The first kappa shape index (κ1) is 11.8. The lowest BCUT2D eigenvalue weighted by Crippen LogP contribution is -1.89. The molecule has 0 aromatic heterocycles. The van der Waals surface area contributed by atoms with E-state index in [0.29, 0.717) is 0 Å². The average molecular weight is 227 g/mol. The first-order chi connectivity index (χ1) is 6.77. The maximum atomic E-state index is 5.90. The van der Waals surface area contributed by atoms with Gasteiger partial charge in [-0.15, -0.1) is 23.5 Å². The SMILES string of the molecule is CCCCSc1cc(SC)ccc1N. The van der Waals surface area contributed by atoms with Crippen LogP contribution >= 0.6 is 23.5 Å². The summed E-state index contributed by atoms with van der Waals surface area (Å²) in [6, 6.07) is 6.25. The molecule has 0 saturated carbocycles. The van der Waals surface area contributed by atoms with E-state index in [1.165, 1.54) is 28.4 Å². The van der Waals surface area contributed by atoms with Crippen molar-refractivity contribution >= 4 is 29.2 Å². The maximum absolute atomic E-state index is 5.90. The van der Waals surface area contributed by atoms with Crippen molar-refractivity contribution in [1.82, 2.24) is 0 Å². The molecule has 0 atom stereocenters. The number of thioether (sulfide) groups is 2. The number of anilines is 1. The highest BCUT2D eigenvalue weighted by Crippen LogP contribution is 2.29. The van der Waals surface area contributed by atoms with Gasteiger partial charge in [0.05, 0.1) is 0 Å². The largest absolute Gasteiger partial charge is 0.398 e. The highest BCUT2D eigenvalue weighted by atomic mass is 32.2. The zero-order valence-electron chi connectivity index (χ0n) is 8.75. The van der Waals surface area contributed by atoms with Gasteiger partial charge in [0.25, 0.3) is 0 Å². The van der Waals surface area contributed by atoms with Crippen molar-refractivity contribution in [3.8, 4) is 0 Å². The Morgan fingerprint density at radius 1 is 1.36 bits per heavy atom. The number of rotatable bonds is 5. The number of nitrogens with two attached hydrogens (primary N) is 1.